The van der Waals surface area contributed by atoms with E-state index in [2.05, 4.69) is 10.3 Å². The number of rotatable bonds is 6. The van der Waals surface area contributed by atoms with Crippen LogP contribution in [0, 0.1) is 0 Å². The van der Waals surface area contributed by atoms with Crippen molar-refractivity contribution in [2.75, 3.05) is 29.1 Å². The van der Waals surface area contributed by atoms with Crippen molar-refractivity contribution in [2.24, 2.45) is 0 Å². The predicted octanol–water partition coefficient (Wildman–Crippen LogP) is 5.13. The molecule has 0 saturated carbocycles. The minimum Gasteiger partial charge on any atom is -0.439 e. The Morgan fingerprint density at radius 1 is 1.19 bits per heavy atom. The zero-order chi connectivity index (χ0) is 18.6. The minimum absolute atomic E-state index is 0.237. The number of alkyl halides is 2. The summed E-state index contributed by atoms with van der Waals surface area (Å²) in [7, 11) is 0. The topological polar surface area (TPSA) is 41.3 Å². The van der Waals surface area contributed by atoms with E-state index in [0.717, 1.165) is 27.6 Å². The summed E-state index contributed by atoms with van der Waals surface area (Å²) in [5.74, 6) is 2.12. The van der Waals surface area contributed by atoms with Crippen LogP contribution in [0.2, 0.25) is 0 Å². The molecule has 7 heteroatoms. The van der Waals surface area contributed by atoms with Crippen molar-refractivity contribution < 1.29 is 13.2 Å². The molecule has 0 spiro atoms. The zero-order valence-electron chi connectivity index (χ0n) is 14.6. The predicted molar refractivity (Wildman–Crippen MR) is 105 cm³/mol. The summed E-state index contributed by atoms with van der Waals surface area (Å²) in [6.45, 7) is 0.869. The fraction of sp³-hybridized carbons (Fsp3) is 0.250. The molecule has 4 rings (SSSR count). The lowest BCUT2D eigenvalue weighted by Gasteiger charge is -2.31. The summed E-state index contributed by atoms with van der Waals surface area (Å²) in [6.07, 6.45) is -0.643. The summed E-state index contributed by atoms with van der Waals surface area (Å²) in [5.41, 5.74) is 2.66. The maximum Gasteiger partial charge on any atom is 0.255 e. The fourth-order valence-corrected chi connectivity index (χ4v) is 4.06. The summed E-state index contributed by atoms with van der Waals surface area (Å²) >= 11 is 1.70. The van der Waals surface area contributed by atoms with E-state index in [9.17, 15) is 8.78 Å². The average Bonchev–Trinajstić information content (AvgIpc) is 3.16. The molecule has 1 aliphatic rings. The number of hydrogen-bond donors (Lipinski definition) is 1. The number of oxazole rings is 1. The second-order valence-corrected chi connectivity index (χ2v) is 7.36. The minimum atomic E-state index is -2.34. The third-order valence-electron chi connectivity index (χ3n) is 4.32. The first-order valence-corrected chi connectivity index (χ1v) is 9.71. The van der Waals surface area contributed by atoms with Crippen molar-refractivity contribution in [3.05, 3.63) is 60.5 Å². The van der Waals surface area contributed by atoms with Gasteiger partial charge in [0.25, 0.3) is 6.43 Å². The van der Waals surface area contributed by atoms with Crippen LogP contribution in [0.3, 0.4) is 0 Å². The van der Waals surface area contributed by atoms with Gasteiger partial charge in [0.1, 0.15) is 5.76 Å². The monoisotopic (exact) mass is 387 g/mol. The molecule has 0 aliphatic carbocycles. The Balaban J connectivity index is 1.45. The van der Waals surface area contributed by atoms with Gasteiger partial charge in [-0.3, -0.25) is 0 Å². The second kappa shape index (κ2) is 8.00. The van der Waals surface area contributed by atoms with Crippen LogP contribution >= 0.6 is 11.8 Å². The highest BCUT2D eigenvalue weighted by atomic mass is 32.2. The highest BCUT2D eigenvalue weighted by Gasteiger charge is 2.20. The summed E-state index contributed by atoms with van der Waals surface area (Å²) in [6, 6.07) is 15.6. The number of anilines is 2. The lowest BCUT2D eigenvalue weighted by atomic mass is 10.2. The first kappa shape index (κ1) is 17.9. The normalized spacial score (nSPS) is 13.7. The van der Waals surface area contributed by atoms with Gasteiger partial charge < -0.3 is 14.6 Å². The maximum atomic E-state index is 12.8. The van der Waals surface area contributed by atoms with Crippen molar-refractivity contribution in [1.82, 2.24) is 4.98 Å². The Hall–Kier alpha value is -2.54. The van der Waals surface area contributed by atoms with Crippen molar-refractivity contribution >= 4 is 23.1 Å². The van der Waals surface area contributed by atoms with Crippen molar-refractivity contribution in [3.8, 4) is 11.5 Å². The van der Waals surface area contributed by atoms with E-state index in [0.29, 0.717) is 24.7 Å². The number of halogens is 2. The molecule has 1 aromatic heterocycles. The number of benzene rings is 2. The smallest absolute Gasteiger partial charge is 0.255 e. The molecule has 27 heavy (non-hydrogen) atoms. The Labute approximate surface area is 160 Å². The standard InChI is InChI=1S/C20H19F2N3OS/c21-19(22)13-25-8-9-27-18-7-6-15(10-17(18)25)23-11-16-12-24-20(26-16)14-4-2-1-3-5-14/h1-7,10,12,19,23H,8-9,11,13H2. The largest absolute Gasteiger partial charge is 0.439 e. The molecule has 0 unspecified atom stereocenters. The van der Waals surface area contributed by atoms with E-state index in [-0.39, 0.29) is 6.54 Å². The highest BCUT2D eigenvalue weighted by molar-refractivity contribution is 7.99. The van der Waals surface area contributed by atoms with Crippen LogP contribution in [0.15, 0.2) is 64.0 Å². The molecule has 1 aliphatic heterocycles. The Bertz CT molecular complexity index is 901. The van der Waals surface area contributed by atoms with Crippen LogP contribution in [0.25, 0.3) is 11.5 Å². The van der Waals surface area contributed by atoms with Crippen LogP contribution in [0.4, 0.5) is 20.2 Å². The van der Waals surface area contributed by atoms with Gasteiger partial charge in [-0.2, -0.15) is 0 Å². The number of thioether (sulfide) groups is 1. The molecule has 0 fully saturated rings. The van der Waals surface area contributed by atoms with E-state index in [1.54, 1.807) is 22.9 Å². The molecule has 0 saturated heterocycles. The van der Waals surface area contributed by atoms with Gasteiger partial charge in [-0.25, -0.2) is 13.8 Å². The van der Waals surface area contributed by atoms with Crippen LogP contribution in [-0.4, -0.2) is 30.3 Å². The SMILES string of the molecule is FC(F)CN1CCSc2ccc(NCc3cnc(-c4ccccc4)o3)cc21. The van der Waals surface area contributed by atoms with Gasteiger partial charge >= 0.3 is 0 Å². The van der Waals surface area contributed by atoms with E-state index >= 15 is 0 Å². The molecular weight excluding hydrogens is 368 g/mol. The van der Waals surface area contributed by atoms with Gasteiger partial charge in [-0.05, 0) is 30.3 Å². The summed E-state index contributed by atoms with van der Waals surface area (Å²) in [4.78, 5) is 7.11. The number of nitrogens with zero attached hydrogens (tertiary/aromatic N) is 2. The number of fused-ring (bicyclic) bond motifs is 1. The van der Waals surface area contributed by atoms with Crippen molar-refractivity contribution in [1.29, 1.82) is 0 Å². The van der Waals surface area contributed by atoms with Gasteiger partial charge in [-0.15, -0.1) is 11.8 Å². The molecule has 0 bridgehead atoms. The van der Waals surface area contributed by atoms with Gasteiger partial charge in [-0.1, -0.05) is 18.2 Å². The fourth-order valence-electron chi connectivity index (χ4n) is 3.03. The Morgan fingerprint density at radius 2 is 2.04 bits per heavy atom. The molecular formula is C20H19F2N3OS. The molecule has 0 radical (unpaired) electrons. The number of hydrogen-bond acceptors (Lipinski definition) is 5. The molecule has 0 amide bonds. The molecule has 2 aromatic carbocycles. The molecule has 140 valence electrons. The van der Waals surface area contributed by atoms with Crippen LogP contribution in [0.5, 0.6) is 0 Å². The third kappa shape index (κ3) is 4.24. The summed E-state index contributed by atoms with van der Waals surface area (Å²) in [5, 5.41) is 3.29. The molecule has 0 atom stereocenters. The first-order valence-electron chi connectivity index (χ1n) is 8.73. The molecule has 3 aromatic rings. The zero-order valence-corrected chi connectivity index (χ0v) is 15.4. The van der Waals surface area contributed by atoms with Gasteiger partial charge in [0.15, 0.2) is 0 Å². The van der Waals surface area contributed by atoms with Crippen LogP contribution in [0.1, 0.15) is 5.76 Å². The molecule has 1 N–H and O–H groups in total. The lowest BCUT2D eigenvalue weighted by molar-refractivity contribution is 0.155. The van der Waals surface area contributed by atoms with Gasteiger partial charge in [0.05, 0.1) is 25.0 Å². The van der Waals surface area contributed by atoms with E-state index < -0.39 is 6.43 Å². The first-order chi connectivity index (χ1) is 13.2. The second-order valence-electron chi connectivity index (χ2n) is 6.22. The van der Waals surface area contributed by atoms with E-state index in [4.69, 9.17) is 4.42 Å². The van der Waals surface area contributed by atoms with Crippen molar-refractivity contribution in [2.45, 2.75) is 17.9 Å². The Morgan fingerprint density at radius 3 is 2.85 bits per heavy atom. The van der Waals surface area contributed by atoms with Crippen LogP contribution < -0.4 is 10.2 Å². The van der Waals surface area contributed by atoms with Gasteiger partial charge in [0.2, 0.25) is 5.89 Å². The number of aromatic nitrogens is 1. The average molecular weight is 387 g/mol. The quantitative estimate of drug-likeness (QED) is 0.635. The third-order valence-corrected chi connectivity index (χ3v) is 5.36. The molecule has 4 nitrogen and oxygen atoms in total. The lowest BCUT2D eigenvalue weighted by Crippen LogP contribution is -2.33. The Kier molecular flexibility index (Phi) is 5.29. The van der Waals surface area contributed by atoms with Gasteiger partial charge in [0, 0.05) is 28.4 Å². The maximum absolute atomic E-state index is 12.8. The van der Waals surface area contributed by atoms with E-state index in [1.807, 2.05) is 48.5 Å². The van der Waals surface area contributed by atoms with Crippen molar-refractivity contribution in [3.63, 3.8) is 0 Å². The molecule has 2 heterocycles. The highest BCUT2D eigenvalue weighted by Crippen LogP contribution is 2.37. The summed E-state index contributed by atoms with van der Waals surface area (Å²) < 4.78 is 31.5. The van der Waals surface area contributed by atoms with E-state index in [1.165, 1.54) is 0 Å². The number of nitrogens with one attached hydrogen (secondary N) is 1. The van der Waals surface area contributed by atoms with Crippen LogP contribution in [-0.2, 0) is 6.54 Å².